The summed E-state index contributed by atoms with van der Waals surface area (Å²) in [5.74, 6) is 0.214. The first kappa shape index (κ1) is 20.5. The molecular formula is C23H25N3O3S. The van der Waals surface area contributed by atoms with Gasteiger partial charge in [0.15, 0.2) is 5.69 Å². The number of rotatable bonds is 6. The molecule has 1 unspecified atom stereocenters. The van der Waals surface area contributed by atoms with Gasteiger partial charge in [0.1, 0.15) is 0 Å². The van der Waals surface area contributed by atoms with Gasteiger partial charge in [0.05, 0.1) is 5.69 Å². The zero-order chi connectivity index (χ0) is 20.9. The van der Waals surface area contributed by atoms with Crippen molar-refractivity contribution in [3.8, 4) is 5.69 Å². The van der Waals surface area contributed by atoms with Gasteiger partial charge in [-0.3, -0.25) is 9.00 Å². The van der Waals surface area contributed by atoms with Crippen molar-refractivity contribution in [3.63, 3.8) is 0 Å². The van der Waals surface area contributed by atoms with E-state index in [0.717, 1.165) is 29.8 Å². The Morgan fingerprint density at radius 1 is 1.13 bits per heavy atom. The van der Waals surface area contributed by atoms with Gasteiger partial charge in [-0.1, -0.05) is 30.3 Å². The summed E-state index contributed by atoms with van der Waals surface area (Å²) in [5.41, 5.74) is 3.77. The summed E-state index contributed by atoms with van der Waals surface area (Å²) in [6.45, 7) is 3.28. The largest absolute Gasteiger partial charge is 0.381 e. The van der Waals surface area contributed by atoms with Crippen LogP contribution in [0.4, 0.5) is 5.69 Å². The number of amides is 1. The molecule has 3 aromatic rings. The van der Waals surface area contributed by atoms with E-state index in [1.165, 1.54) is 0 Å². The van der Waals surface area contributed by atoms with Crippen LogP contribution in [0.1, 0.15) is 34.6 Å². The van der Waals surface area contributed by atoms with Gasteiger partial charge < -0.3 is 10.1 Å². The lowest BCUT2D eigenvalue weighted by Crippen LogP contribution is -2.25. The smallest absolute Gasteiger partial charge is 0.276 e. The first-order valence-corrected chi connectivity index (χ1v) is 11.5. The lowest BCUT2D eigenvalue weighted by Gasteiger charge is -2.21. The fourth-order valence-electron chi connectivity index (χ4n) is 3.57. The number of nitrogens with one attached hydrogen (secondary N) is 1. The normalized spacial score (nSPS) is 15.6. The van der Waals surface area contributed by atoms with Crippen molar-refractivity contribution in [1.82, 2.24) is 9.78 Å². The van der Waals surface area contributed by atoms with Crippen molar-refractivity contribution in [1.29, 1.82) is 0 Å². The summed E-state index contributed by atoms with van der Waals surface area (Å²) in [6.07, 6.45) is 1.68. The number of benzene rings is 2. The van der Waals surface area contributed by atoms with Crippen molar-refractivity contribution in [3.05, 3.63) is 77.6 Å². The summed E-state index contributed by atoms with van der Waals surface area (Å²) in [7, 11) is -0.944. The van der Waals surface area contributed by atoms with Crippen molar-refractivity contribution in [2.24, 2.45) is 0 Å². The second kappa shape index (κ2) is 9.36. The molecule has 1 amide bonds. The molecule has 0 spiro atoms. The van der Waals surface area contributed by atoms with Crippen LogP contribution in [0.5, 0.6) is 0 Å². The molecule has 1 fully saturated rings. The second-order valence-corrected chi connectivity index (χ2v) is 9.13. The molecule has 0 radical (unpaired) electrons. The lowest BCUT2D eigenvalue weighted by molar-refractivity contribution is 0.0991. The number of nitrogens with zero attached hydrogens (tertiary/aromatic N) is 2. The van der Waals surface area contributed by atoms with E-state index in [-0.39, 0.29) is 11.2 Å². The van der Waals surface area contributed by atoms with Gasteiger partial charge in [-0.15, -0.1) is 0 Å². The molecule has 156 valence electrons. The van der Waals surface area contributed by atoms with Gasteiger partial charge in [-0.05, 0) is 55.7 Å². The highest BCUT2D eigenvalue weighted by Crippen LogP contribution is 2.19. The molecule has 1 aliphatic rings. The third-order valence-corrected chi connectivity index (χ3v) is 6.99. The number of hydrogen-bond donors (Lipinski definition) is 1. The topological polar surface area (TPSA) is 73.2 Å². The maximum atomic E-state index is 12.7. The van der Waals surface area contributed by atoms with Gasteiger partial charge in [0.2, 0.25) is 0 Å². The summed E-state index contributed by atoms with van der Waals surface area (Å²) < 4.78 is 19.8. The number of para-hydroxylation sites is 1. The van der Waals surface area contributed by atoms with E-state index in [2.05, 4.69) is 10.4 Å². The molecule has 1 saturated heterocycles. The summed E-state index contributed by atoms with van der Waals surface area (Å²) in [4.78, 5) is 12.7. The van der Waals surface area contributed by atoms with Gasteiger partial charge in [0, 0.05) is 46.4 Å². The fourth-order valence-corrected chi connectivity index (χ4v) is 5.03. The molecule has 1 atom stereocenters. The highest BCUT2D eigenvalue weighted by atomic mass is 32.2. The Hall–Kier alpha value is -2.77. The average Bonchev–Trinajstić information content (AvgIpc) is 3.17. The molecule has 6 nitrogen and oxygen atoms in total. The predicted molar refractivity (Wildman–Crippen MR) is 118 cm³/mol. The van der Waals surface area contributed by atoms with Crippen molar-refractivity contribution >= 4 is 22.4 Å². The van der Waals surface area contributed by atoms with Crippen molar-refractivity contribution in [2.75, 3.05) is 18.5 Å². The van der Waals surface area contributed by atoms with Crippen molar-refractivity contribution in [2.45, 2.75) is 30.8 Å². The quantitative estimate of drug-likeness (QED) is 0.653. The Balaban J connectivity index is 1.44. The van der Waals surface area contributed by atoms with Crippen LogP contribution in [-0.2, 0) is 21.3 Å². The first-order valence-electron chi connectivity index (χ1n) is 10.1. The molecule has 30 heavy (non-hydrogen) atoms. The average molecular weight is 424 g/mol. The number of aromatic nitrogens is 2. The van der Waals surface area contributed by atoms with E-state index >= 15 is 0 Å². The van der Waals surface area contributed by atoms with Gasteiger partial charge >= 0.3 is 0 Å². The van der Waals surface area contributed by atoms with Crippen LogP contribution in [0, 0.1) is 6.92 Å². The van der Waals surface area contributed by atoms with Crippen LogP contribution in [0.25, 0.3) is 5.69 Å². The van der Waals surface area contributed by atoms with Crippen LogP contribution in [0.15, 0.2) is 60.7 Å². The van der Waals surface area contributed by atoms with E-state index < -0.39 is 10.8 Å². The molecule has 1 aromatic heterocycles. The molecule has 7 heteroatoms. The Labute approximate surface area is 178 Å². The zero-order valence-corrected chi connectivity index (χ0v) is 17.7. The number of carbonyl (C=O) groups excluding carboxylic acids is 1. The third kappa shape index (κ3) is 4.86. The minimum absolute atomic E-state index is 0.182. The number of ether oxygens (including phenoxy) is 1. The molecule has 1 aliphatic heterocycles. The van der Waals surface area contributed by atoms with Crippen LogP contribution < -0.4 is 5.32 Å². The Kier molecular flexibility index (Phi) is 6.40. The Morgan fingerprint density at radius 2 is 1.90 bits per heavy atom. The predicted octanol–water partition coefficient (Wildman–Crippen LogP) is 3.86. The molecule has 2 aromatic carbocycles. The maximum Gasteiger partial charge on any atom is 0.276 e. The van der Waals surface area contributed by atoms with Gasteiger partial charge in [0.25, 0.3) is 5.91 Å². The van der Waals surface area contributed by atoms with Gasteiger partial charge in [-0.2, -0.15) is 5.10 Å². The Morgan fingerprint density at radius 3 is 2.67 bits per heavy atom. The molecule has 0 bridgehead atoms. The molecular weight excluding hydrogens is 398 g/mol. The first-order chi connectivity index (χ1) is 14.6. The number of aryl methyl sites for hydroxylation is 1. The molecule has 1 N–H and O–H groups in total. The van der Waals surface area contributed by atoms with Crippen LogP contribution in [-0.4, -0.2) is 38.4 Å². The van der Waals surface area contributed by atoms with Crippen LogP contribution in [0.2, 0.25) is 0 Å². The molecule has 2 heterocycles. The monoisotopic (exact) mass is 423 g/mol. The number of carbonyl (C=O) groups is 1. The van der Waals surface area contributed by atoms with E-state index in [0.29, 0.717) is 30.3 Å². The molecule has 4 rings (SSSR count). The zero-order valence-electron chi connectivity index (χ0n) is 16.9. The van der Waals surface area contributed by atoms with E-state index in [4.69, 9.17) is 4.74 Å². The standard InChI is InChI=1S/C23H25N3O3S/c1-17-14-22(25-26(17)20-8-3-2-4-9-20)23(27)24-19-7-5-6-18(15-19)16-30(28)21-10-12-29-13-11-21/h2-9,14-15,21H,10-13,16H2,1H3,(H,24,27). The van der Waals surface area contributed by atoms with E-state index in [9.17, 15) is 9.00 Å². The molecule has 0 aliphatic carbocycles. The summed E-state index contributed by atoms with van der Waals surface area (Å²) >= 11 is 0. The maximum absolute atomic E-state index is 12.7. The van der Waals surface area contributed by atoms with Gasteiger partial charge in [-0.25, -0.2) is 4.68 Å². The third-order valence-electron chi connectivity index (χ3n) is 5.15. The lowest BCUT2D eigenvalue weighted by atomic mass is 10.2. The number of hydrogen-bond acceptors (Lipinski definition) is 4. The summed E-state index contributed by atoms with van der Waals surface area (Å²) in [6, 6.07) is 19.0. The summed E-state index contributed by atoms with van der Waals surface area (Å²) in [5, 5.41) is 7.54. The second-order valence-electron chi connectivity index (χ2n) is 7.41. The SMILES string of the molecule is Cc1cc(C(=O)Nc2cccc(CS(=O)C3CCOCC3)c2)nn1-c1ccccc1. The minimum atomic E-state index is -0.944. The number of anilines is 1. The highest BCUT2D eigenvalue weighted by molar-refractivity contribution is 7.84. The van der Waals surface area contributed by atoms with Crippen LogP contribution in [0.3, 0.4) is 0 Å². The van der Waals surface area contributed by atoms with Crippen molar-refractivity contribution < 1.29 is 13.7 Å². The Bertz CT molecular complexity index is 1040. The fraction of sp³-hybridized carbons (Fsp3) is 0.304. The minimum Gasteiger partial charge on any atom is -0.381 e. The van der Waals surface area contributed by atoms with E-state index in [1.807, 2.05) is 61.5 Å². The van der Waals surface area contributed by atoms with Crippen LogP contribution >= 0.6 is 0 Å². The highest BCUT2D eigenvalue weighted by Gasteiger charge is 2.20. The molecule has 0 saturated carbocycles. The van der Waals surface area contributed by atoms with E-state index in [1.54, 1.807) is 10.7 Å².